The fraction of sp³-hybridized carbons (Fsp3) is 0.471. The van der Waals surface area contributed by atoms with Crippen LogP contribution in [-0.4, -0.2) is 47.4 Å². The Balaban J connectivity index is 2.16. The Morgan fingerprint density at radius 3 is 2.61 bits per heavy atom. The van der Waals surface area contributed by atoms with E-state index in [2.05, 4.69) is 0 Å². The van der Waals surface area contributed by atoms with Crippen molar-refractivity contribution in [3.05, 3.63) is 29.8 Å². The third-order valence-corrected chi connectivity index (χ3v) is 4.16. The van der Waals surface area contributed by atoms with E-state index in [9.17, 15) is 14.4 Å². The van der Waals surface area contributed by atoms with Crippen molar-refractivity contribution < 1.29 is 19.5 Å². The number of carbonyl (C=O) groups is 3. The topological polar surface area (TPSA) is 77.9 Å². The second-order valence-corrected chi connectivity index (χ2v) is 5.63. The minimum Gasteiger partial charge on any atom is -0.480 e. The highest BCUT2D eigenvalue weighted by molar-refractivity contribution is 6.01. The summed E-state index contributed by atoms with van der Waals surface area (Å²) in [5.74, 6) is -1.88. The zero-order valence-corrected chi connectivity index (χ0v) is 13.5. The number of nitrogens with zero attached hydrogens (tertiary/aromatic N) is 2. The van der Waals surface area contributed by atoms with Gasteiger partial charge in [-0.3, -0.25) is 14.4 Å². The van der Waals surface area contributed by atoms with E-state index in [1.54, 1.807) is 11.8 Å². The Morgan fingerprint density at radius 2 is 2.00 bits per heavy atom. The van der Waals surface area contributed by atoms with Crippen LogP contribution in [0.4, 0.5) is 5.69 Å². The van der Waals surface area contributed by atoms with Crippen molar-refractivity contribution in [3.8, 4) is 0 Å². The zero-order chi connectivity index (χ0) is 17.0. The first kappa shape index (κ1) is 17.0. The maximum atomic E-state index is 12.5. The number of rotatable bonds is 6. The van der Waals surface area contributed by atoms with E-state index in [1.807, 2.05) is 31.2 Å². The number of benzene rings is 1. The Kier molecular flexibility index (Phi) is 5.36. The first-order valence-corrected chi connectivity index (χ1v) is 7.86. The molecular formula is C17H22N2O4. The molecule has 1 heterocycles. The normalized spacial score (nSPS) is 17.4. The number of anilines is 1. The highest BCUT2D eigenvalue weighted by atomic mass is 16.4. The molecule has 124 valence electrons. The van der Waals surface area contributed by atoms with Gasteiger partial charge in [-0.2, -0.15) is 0 Å². The van der Waals surface area contributed by atoms with E-state index in [0.717, 1.165) is 17.7 Å². The van der Waals surface area contributed by atoms with Gasteiger partial charge in [0.15, 0.2) is 0 Å². The number of para-hydroxylation sites is 1. The molecule has 0 aliphatic carbocycles. The van der Waals surface area contributed by atoms with Crippen LogP contribution in [0.1, 0.15) is 25.8 Å². The second kappa shape index (κ2) is 7.26. The Labute approximate surface area is 135 Å². The van der Waals surface area contributed by atoms with Crippen molar-refractivity contribution >= 4 is 23.5 Å². The van der Waals surface area contributed by atoms with Crippen LogP contribution in [0.3, 0.4) is 0 Å². The van der Waals surface area contributed by atoms with E-state index in [-0.39, 0.29) is 24.8 Å². The average molecular weight is 318 g/mol. The SMILES string of the molecule is CCc1ccccc1N1CC(C(=O)N(CC)CC(=O)O)CC1=O. The highest BCUT2D eigenvalue weighted by Crippen LogP contribution is 2.29. The monoisotopic (exact) mass is 318 g/mol. The number of carbonyl (C=O) groups excluding carboxylic acids is 2. The van der Waals surface area contributed by atoms with Crippen LogP contribution >= 0.6 is 0 Å². The molecule has 1 fully saturated rings. The van der Waals surface area contributed by atoms with Gasteiger partial charge < -0.3 is 14.9 Å². The summed E-state index contributed by atoms with van der Waals surface area (Å²) in [4.78, 5) is 38.6. The van der Waals surface area contributed by atoms with E-state index in [0.29, 0.717) is 13.1 Å². The molecule has 23 heavy (non-hydrogen) atoms. The summed E-state index contributed by atoms with van der Waals surface area (Å²) in [6.45, 7) is 4.06. The maximum Gasteiger partial charge on any atom is 0.323 e. The van der Waals surface area contributed by atoms with Gasteiger partial charge in [0.1, 0.15) is 6.54 Å². The third-order valence-electron chi connectivity index (χ3n) is 4.16. The van der Waals surface area contributed by atoms with E-state index in [4.69, 9.17) is 5.11 Å². The minimum absolute atomic E-state index is 0.0874. The maximum absolute atomic E-state index is 12.5. The number of aliphatic carboxylic acids is 1. The molecule has 0 bridgehead atoms. The number of amides is 2. The van der Waals surface area contributed by atoms with Crippen LogP contribution in [0.15, 0.2) is 24.3 Å². The summed E-state index contributed by atoms with van der Waals surface area (Å²) in [5.41, 5.74) is 1.91. The van der Waals surface area contributed by atoms with Crippen molar-refractivity contribution in [2.75, 3.05) is 24.5 Å². The molecule has 1 unspecified atom stereocenters. The zero-order valence-electron chi connectivity index (χ0n) is 13.5. The summed E-state index contributed by atoms with van der Waals surface area (Å²) >= 11 is 0. The molecule has 1 aliphatic heterocycles. The number of aryl methyl sites for hydroxylation is 1. The molecular weight excluding hydrogens is 296 g/mol. The van der Waals surface area contributed by atoms with Gasteiger partial charge in [-0.1, -0.05) is 25.1 Å². The van der Waals surface area contributed by atoms with Crippen molar-refractivity contribution in [1.29, 1.82) is 0 Å². The van der Waals surface area contributed by atoms with Crippen molar-refractivity contribution in [2.24, 2.45) is 5.92 Å². The molecule has 6 heteroatoms. The van der Waals surface area contributed by atoms with Crippen molar-refractivity contribution in [2.45, 2.75) is 26.7 Å². The average Bonchev–Trinajstić information content (AvgIpc) is 2.93. The van der Waals surface area contributed by atoms with E-state index in [1.165, 1.54) is 4.90 Å². The Morgan fingerprint density at radius 1 is 1.30 bits per heavy atom. The van der Waals surface area contributed by atoms with Gasteiger partial charge in [-0.15, -0.1) is 0 Å². The van der Waals surface area contributed by atoms with Crippen LogP contribution in [0.2, 0.25) is 0 Å². The largest absolute Gasteiger partial charge is 0.480 e. The van der Waals surface area contributed by atoms with Gasteiger partial charge in [0.05, 0.1) is 5.92 Å². The Bertz CT molecular complexity index is 614. The fourth-order valence-corrected chi connectivity index (χ4v) is 2.95. The van der Waals surface area contributed by atoms with Crippen LogP contribution in [0.25, 0.3) is 0 Å². The van der Waals surface area contributed by atoms with Gasteiger partial charge >= 0.3 is 5.97 Å². The smallest absolute Gasteiger partial charge is 0.323 e. The summed E-state index contributed by atoms with van der Waals surface area (Å²) in [5, 5.41) is 8.89. The van der Waals surface area contributed by atoms with Gasteiger partial charge in [0, 0.05) is 25.2 Å². The molecule has 1 N–H and O–H groups in total. The predicted molar refractivity (Wildman–Crippen MR) is 86.2 cm³/mol. The van der Waals surface area contributed by atoms with Gasteiger partial charge in [0.25, 0.3) is 0 Å². The van der Waals surface area contributed by atoms with Crippen LogP contribution < -0.4 is 4.90 Å². The van der Waals surface area contributed by atoms with Gasteiger partial charge in [-0.05, 0) is 25.0 Å². The molecule has 2 amide bonds. The molecule has 2 rings (SSSR count). The summed E-state index contributed by atoms with van der Waals surface area (Å²) in [6.07, 6.45) is 0.936. The number of hydrogen-bond acceptors (Lipinski definition) is 3. The van der Waals surface area contributed by atoms with E-state index < -0.39 is 11.9 Å². The number of hydrogen-bond donors (Lipinski definition) is 1. The number of likely N-dealkylation sites (N-methyl/N-ethyl adjacent to an activating group) is 1. The van der Waals surface area contributed by atoms with Gasteiger partial charge in [-0.25, -0.2) is 0 Å². The summed E-state index contributed by atoms with van der Waals surface area (Å²) in [7, 11) is 0. The van der Waals surface area contributed by atoms with Crippen LogP contribution in [0, 0.1) is 5.92 Å². The first-order valence-electron chi connectivity index (χ1n) is 7.86. The number of carboxylic acids is 1. The lowest BCUT2D eigenvalue weighted by atomic mass is 10.1. The summed E-state index contributed by atoms with van der Waals surface area (Å²) < 4.78 is 0. The Hall–Kier alpha value is -2.37. The molecule has 1 aromatic rings. The third kappa shape index (κ3) is 3.70. The van der Waals surface area contributed by atoms with E-state index >= 15 is 0 Å². The fourth-order valence-electron chi connectivity index (χ4n) is 2.95. The first-order chi connectivity index (χ1) is 11.0. The highest BCUT2D eigenvalue weighted by Gasteiger charge is 2.37. The summed E-state index contributed by atoms with van der Waals surface area (Å²) in [6, 6.07) is 7.66. The van der Waals surface area contributed by atoms with Crippen molar-refractivity contribution in [3.63, 3.8) is 0 Å². The van der Waals surface area contributed by atoms with Crippen molar-refractivity contribution in [1.82, 2.24) is 4.90 Å². The molecule has 1 atom stereocenters. The lowest BCUT2D eigenvalue weighted by Crippen LogP contribution is -2.40. The predicted octanol–water partition coefficient (Wildman–Crippen LogP) is 1.53. The number of carboxylic acid groups (broad SMARTS) is 1. The standard InChI is InChI=1S/C17H22N2O4/c1-3-12-7-5-6-8-14(12)19-10-13(9-15(19)20)17(23)18(4-2)11-16(21)22/h5-8,13H,3-4,9-11H2,1-2H3,(H,21,22). The molecule has 0 radical (unpaired) electrons. The molecule has 0 saturated carbocycles. The molecule has 1 aromatic carbocycles. The molecule has 1 saturated heterocycles. The molecule has 0 aromatic heterocycles. The van der Waals surface area contributed by atoms with Crippen LogP contribution in [0.5, 0.6) is 0 Å². The second-order valence-electron chi connectivity index (χ2n) is 5.63. The van der Waals surface area contributed by atoms with Gasteiger partial charge in [0.2, 0.25) is 11.8 Å². The molecule has 6 nitrogen and oxygen atoms in total. The van der Waals surface area contributed by atoms with Crippen LogP contribution in [-0.2, 0) is 20.8 Å². The minimum atomic E-state index is -1.04. The quantitative estimate of drug-likeness (QED) is 0.863. The lowest BCUT2D eigenvalue weighted by molar-refractivity contribution is -0.146. The molecule has 0 spiro atoms. The lowest BCUT2D eigenvalue weighted by Gasteiger charge is -2.23. The molecule has 1 aliphatic rings.